The largest absolute Gasteiger partial charge is 0.496 e. The molecule has 1 aromatic carbocycles. The minimum atomic E-state index is 0.0227. The Morgan fingerprint density at radius 2 is 1.86 bits per heavy atom. The molecule has 1 amide bonds. The van der Waals surface area contributed by atoms with Gasteiger partial charge in [-0.05, 0) is 52.2 Å². The third-order valence-electron chi connectivity index (χ3n) is 4.80. The number of carbonyl (C=O) groups excluding carboxylic acids is 1. The molecule has 152 valence electrons. The summed E-state index contributed by atoms with van der Waals surface area (Å²) in [4.78, 5) is 23.5. The lowest BCUT2D eigenvalue weighted by Crippen LogP contribution is -2.34. The Bertz CT molecular complexity index is 788. The Balaban J connectivity index is 1.99. The van der Waals surface area contributed by atoms with E-state index >= 15 is 0 Å². The molecule has 0 saturated heterocycles. The van der Waals surface area contributed by atoms with Crippen molar-refractivity contribution in [2.75, 3.05) is 34.0 Å². The predicted octanol–water partition coefficient (Wildman–Crippen LogP) is 3.18. The Morgan fingerprint density at radius 3 is 2.43 bits per heavy atom. The minimum Gasteiger partial charge on any atom is -0.496 e. The Kier molecular flexibility index (Phi) is 8.26. The van der Waals surface area contributed by atoms with Crippen molar-refractivity contribution in [2.45, 2.75) is 37.9 Å². The quantitative estimate of drug-likeness (QED) is 0.513. The zero-order valence-corrected chi connectivity index (χ0v) is 18.4. The maximum absolute atomic E-state index is 12.5. The van der Waals surface area contributed by atoms with Gasteiger partial charge in [0.2, 0.25) is 5.91 Å². The third-order valence-corrected chi connectivity index (χ3v) is 5.35. The zero-order valence-electron chi connectivity index (χ0n) is 17.6. The average molecular weight is 403 g/mol. The molecule has 0 aliphatic carbocycles. The smallest absolute Gasteiger partial charge is 0.220 e. The Hall–Kier alpha value is -2.12. The molecule has 0 radical (unpaired) electrons. The number of likely N-dealkylation sites (N-methyl/N-ethyl adjacent to an activating group) is 1. The fourth-order valence-corrected chi connectivity index (χ4v) is 3.67. The summed E-state index contributed by atoms with van der Waals surface area (Å²) in [6, 6.07) is 7.94. The van der Waals surface area contributed by atoms with Crippen LogP contribution in [0.5, 0.6) is 5.75 Å². The van der Waals surface area contributed by atoms with Crippen molar-refractivity contribution in [1.82, 2.24) is 20.2 Å². The van der Waals surface area contributed by atoms with E-state index in [1.165, 1.54) is 11.8 Å². The van der Waals surface area contributed by atoms with Gasteiger partial charge in [0.05, 0.1) is 13.2 Å². The number of carbonyl (C=O) groups is 1. The number of amides is 1. The highest BCUT2D eigenvalue weighted by atomic mass is 32.2. The van der Waals surface area contributed by atoms with Crippen molar-refractivity contribution in [3.63, 3.8) is 0 Å². The van der Waals surface area contributed by atoms with Gasteiger partial charge in [-0.2, -0.15) is 0 Å². The molecule has 0 fully saturated rings. The number of methoxy groups -OCH3 is 1. The highest BCUT2D eigenvalue weighted by Crippen LogP contribution is 2.27. The topological polar surface area (TPSA) is 67.3 Å². The van der Waals surface area contributed by atoms with Gasteiger partial charge < -0.3 is 15.0 Å². The molecule has 1 N–H and O–H groups in total. The summed E-state index contributed by atoms with van der Waals surface area (Å²) in [5.74, 6) is 0.849. The molecule has 28 heavy (non-hydrogen) atoms. The molecular formula is C21H30N4O2S. The first-order valence-corrected chi connectivity index (χ1v) is 10.5. The third kappa shape index (κ3) is 5.69. The molecule has 2 rings (SSSR count). The summed E-state index contributed by atoms with van der Waals surface area (Å²) in [7, 11) is 5.67. The first-order valence-electron chi connectivity index (χ1n) is 9.31. The van der Waals surface area contributed by atoms with Gasteiger partial charge in [-0.3, -0.25) is 4.79 Å². The molecule has 0 bridgehead atoms. The number of para-hydroxylation sites is 1. The van der Waals surface area contributed by atoms with Crippen LogP contribution in [-0.4, -0.2) is 54.8 Å². The summed E-state index contributed by atoms with van der Waals surface area (Å²) in [5.41, 5.74) is 4.01. The van der Waals surface area contributed by atoms with Crippen LogP contribution in [0, 0.1) is 13.8 Å². The molecule has 0 aliphatic heterocycles. The van der Waals surface area contributed by atoms with E-state index < -0.39 is 0 Å². The molecule has 0 aliphatic rings. The van der Waals surface area contributed by atoms with E-state index in [2.05, 4.69) is 20.2 Å². The lowest BCUT2D eigenvalue weighted by atomic mass is 10.0. The number of thioether (sulfide) groups is 1. The van der Waals surface area contributed by atoms with Gasteiger partial charge in [0.1, 0.15) is 5.75 Å². The van der Waals surface area contributed by atoms with Crippen LogP contribution in [0.2, 0.25) is 0 Å². The number of nitrogens with zero attached hydrogens (tertiary/aromatic N) is 3. The van der Waals surface area contributed by atoms with Gasteiger partial charge in [-0.1, -0.05) is 30.0 Å². The lowest BCUT2D eigenvalue weighted by molar-refractivity contribution is -0.121. The molecule has 1 unspecified atom stereocenters. The first kappa shape index (κ1) is 22.2. The second kappa shape index (κ2) is 10.4. The zero-order chi connectivity index (χ0) is 20.7. The summed E-state index contributed by atoms with van der Waals surface area (Å²) in [5, 5.41) is 3.84. The van der Waals surface area contributed by atoms with Crippen molar-refractivity contribution < 1.29 is 9.53 Å². The molecule has 7 heteroatoms. The van der Waals surface area contributed by atoms with Crippen molar-refractivity contribution in [1.29, 1.82) is 0 Å². The van der Waals surface area contributed by atoms with Crippen LogP contribution >= 0.6 is 11.8 Å². The monoisotopic (exact) mass is 402 g/mol. The standard InChI is InChI=1S/C21H30N4O2S/c1-14-16(15(2)24-21(23-14)28-6)11-12-20(26)22-13-18(25(3)4)17-9-7-8-10-19(17)27-5/h7-10,18H,11-13H2,1-6H3,(H,22,26). The van der Waals surface area contributed by atoms with Crippen molar-refractivity contribution >= 4 is 17.7 Å². The maximum atomic E-state index is 12.5. The summed E-state index contributed by atoms with van der Waals surface area (Å²) in [6.45, 7) is 4.48. The highest BCUT2D eigenvalue weighted by molar-refractivity contribution is 7.98. The number of nitrogens with one attached hydrogen (secondary N) is 1. The molecule has 0 saturated carbocycles. The normalized spacial score (nSPS) is 12.1. The molecular weight excluding hydrogens is 372 g/mol. The molecule has 6 nitrogen and oxygen atoms in total. The van der Waals surface area contributed by atoms with Gasteiger partial charge >= 0.3 is 0 Å². The van der Waals surface area contributed by atoms with E-state index in [4.69, 9.17) is 4.74 Å². The maximum Gasteiger partial charge on any atom is 0.220 e. The molecule has 1 atom stereocenters. The number of aryl methyl sites for hydroxylation is 2. The summed E-state index contributed by atoms with van der Waals surface area (Å²) in [6.07, 6.45) is 3.01. The number of ether oxygens (including phenoxy) is 1. The van der Waals surface area contributed by atoms with Gasteiger partial charge in [-0.15, -0.1) is 0 Å². The number of hydrogen-bond acceptors (Lipinski definition) is 6. The minimum absolute atomic E-state index is 0.0227. The van der Waals surface area contributed by atoms with E-state index in [9.17, 15) is 4.79 Å². The van der Waals surface area contributed by atoms with Gasteiger partial charge in [0, 0.05) is 29.9 Å². The number of benzene rings is 1. The van der Waals surface area contributed by atoms with Crippen LogP contribution in [0.1, 0.15) is 35.0 Å². The van der Waals surface area contributed by atoms with Crippen LogP contribution in [-0.2, 0) is 11.2 Å². The van der Waals surface area contributed by atoms with Gasteiger partial charge in [0.15, 0.2) is 5.16 Å². The van der Waals surface area contributed by atoms with E-state index in [1.54, 1.807) is 7.11 Å². The van der Waals surface area contributed by atoms with Gasteiger partial charge in [0.25, 0.3) is 0 Å². The molecule has 1 aromatic heterocycles. The van der Waals surface area contributed by atoms with Crippen LogP contribution in [0.25, 0.3) is 0 Å². The SMILES string of the molecule is COc1ccccc1C(CNC(=O)CCc1c(C)nc(SC)nc1C)N(C)C. The van der Waals surface area contributed by atoms with Gasteiger partial charge in [-0.25, -0.2) is 9.97 Å². The number of rotatable bonds is 9. The van der Waals surface area contributed by atoms with Crippen LogP contribution in [0.15, 0.2) is 29.4 Å². The Labute approximate surface area is 172 Å². The number of hydrogen-bond donors (Lipinski definition) is 1. The highest BCUT2D eigenvalue weighted by Gasteiger charge is 2.19. The van der Waals surface area contributed by atoms with Crippen LogP contribution in [0.4, 0.5) is 0 Å². The van der Waals surface area contributed by atoms with Crippen LogP contribution in [0.3, 0.4) is 0 Å². The molecule has 1 heterocycles. The van der Waals surface area contributed by atoms with Crippen molar-refractivity contribution in [3.8, 4) is 5.75 Å². The van der Waals surface area contributed by atoms with E-state index in [1.807, 2.05) is 58.5 Å². The number of aromatic nitrogens is 2. The van der Waals surface area contributed by atoms with E-state index in [0.29, 0.717) is 19.4 Å². The fourth-order valence-electron chi connectivity index (χ4n) is 3.21. The van der Waals surface area contributed by atoms with E-state index in [0.717, 1.165) is 33.4 Å². The Morgan fingerprint density at radius 1 is 1.21 bits per heavy atom. The molecule has 0 spiro atoms. The van der Waals surface area contributed by atoms with Crippen molar-refractivity contribution in [2.24, 2.45) is 0 Å². The lowest BCUT2D eigenvalue weighted by Gasteiger charge is -2.26. The first-order chi connectivity index (χ1) is 13.4. The van der Waals surface area contributed by atoms with Crippen molar-refractivity contribution in [3.05, 3.63) is 46.8 Å². The predicted molar refractivity (Wildman–Crippen MR) is 114 cm³/mol. The second-order valence-corrected chi connectivity index (χ2v) is 7.66. The second-order valence-electron chi connectivity index (χ2n) is 6.89. The van der Waals surface area contributed by atoms with Crippen LogP contribution < -0.4 is 10.1 Å². The molecule has 2 aromatic rings. The average Bonchev–Trinajstić information content (AvgIpc) is 2.67. The summed E-state index contributed by atoms with van der Waals surface area (Å²) >= 11 is 1.53. The summed E-state index contributed by atoms with van der Waals surface area (Å²) < 4.78 is 5.48. The fraction of sp³-hybridized carbons (Fsp3) is 0.476. The van der Waals surface area contributed by atoms with E-state index in [-0.39, 0.29) is 11.9 Å².